The van der Waals surface area contributed by atoms with E-state index in [0.717, 1.165) is 39.8 Å². The number of carboxylic acid groups (broad SMARTS) is 1. The normalized spacial score (nSPS) is 14.3. The van der Waals surface area contributed by atoms with Gasteiger partial charge in [-0.25, -0.2) is 9.97 Å². The first-order chi connectivity index (χ1) is 14.9. The molecule has 2 aromatic heterocycles. The third kappa shape index (κ3) is 4.83. The molecule has 1 fully saturated rings. The van der Waals surface area contributed by atoms with Crippen molar-refractivity contribution in [1.29, 1.82) is 0 Å². The van der Waals surface area contributed by atoms with Crippen LogP contribution in [-0.4, -0.2) is 63.8 Å². The van der Waals surface area contributed by atoms with E-state index in [9.17, 15) is 9.59 Å². The number of aromatic nitrogens is 2. The highest BCUT2D eigenvalue weighted by Crippen LogP contribution is 2.33. The first kappa shape index (κ1) is 21.6. The Kier molecular flexibility index (Phi) is 6.43. The zero-order valence-corrected chi connectivity index (χ0v) is 19.1. The fraction of sp³-hybridized carbons (Fsp3) is 0.364. The highest BCUT2D eigenvalue weighted by atomic mass is 32.2. The number of rotatable bonds is 6. The Bertz CT molecular complexity index is 1110. The Morgan fingerprint density at radius 3 is 2.48 bits per heavy atom. The van der Waals surface area contributed by atoms with Crippen molar-refractivity contribution in [3.63, 3.8) is 0 Å². The standard InChI is InChI=1S/C22H24N4O3S2/c1-3-16-12-17-19(23-22(24-20(17)31-16)30-13-18(27)28)25-8-10-26(11-9-25)21(29)15-6-4-14(2)5-7-15/h4-7,12H,3,8-11,13H2,1-2H3,(H,27,28). The number of hydrogen-bond donors (Lipinski definition) is 1. The third-order valence-electron chi connectivity index (χ3n) is 5.24. The summed E-state index contributed by atoms with van der Waals surface area (Å²) in [7, 11) is 0. The molecule has 1 saturated heterocycles. The molecule has 3 heterocycles. The third-order valence-corrected chi connectivity index (χ3v) is 7.25. The van der Waals surface area contributed by atoms with Gasteiger partial charge in [-0.3, -0.25) is 9.59 Å². The van der Waals surface area contributed by atoms with Crippen molar-refractivity contribution in [3.05, 3.63) is 46.3 Å². The first-order valence-electron chi connectivity index (χ1n) is 10.2. The Balaban J connectivity index is 1.54. The molecule has 1 N–H and O–H groups in total. The second-order valence-corrected chi connectivity index (χ2v) is 9.50. The molecule has 162 valence electrons. The summed E-state index contributed by atoms with van der Waals surface area (Å²) >= 11 is 2.76. The van der Waals surface area contributed by atoms with E-state index in [1.54, 1.807) is 11.3 Å². The number of anilines is 1. The first-order valence-corrected chi connectivity index (χ1v) is 12.0. The molecular formula is C22H24N4O3S2. The minimum atomic E-state index is -0.890. The Morgan fingerprint density at radius 2 is 1.84 bits per heavy atom. The van der Waals surface area contributed by atoms with Crippen molar-refractivity contribution in [3.8, 4) is 0 Å². The number of carboxylic acids is 1. The van der Waals surface area contributed by atoms with Crippen LogP contribution >= 0.6 is 23.1 Å². The zero-order valence-electron chi connectivity index (χ0n) is 17.5. The molecule has 1 aliphatic rings. The van der Waals surface area contributed by atoms with E-state index in [0.29, 0.717) is 36.9 Å². The van der Waals surface area contributed by atoms with Crippen molar-refractivity contribution in [2.45, 2.75) is 25.4 Å². The smallest absolute Gasteiger partial charge is 0.313 e. The van der Waals surface area contributed by atoms with Crippen LogP contribution in [0.1, 0.15) is 27.7 Å². The van der Waals surface area contributed by atoms with Gasteiger partial charge in [0.1, 0.15) is 10.6 Å². The SMILES string of the molecule is CCc1cc2c(N3CCN(C(=O)c4ccc(C)cc4)CC3)nc(SCC(=O)O)nc2s1. The highest BCUT2D eigenvalue weighted by molar-refractivity contribution is 7.99. The second kappa shape index (κ2) is 9.23. The predicted octanol–water partition coefficient (Wildman–Crippen LogP) is 3.70. The second-order valence-electron chi connectivity index (χ2n) is 7.44. The van der Waals surface area contributed by atoms with Crippen molar-refractivity contribution in [2.24, 2.45) is 0 Å². The molecule has 0 unspecified atom stereocenters. The molecule has 3 aromatic rings. The number of carbonyl (C=O) groups excluding carboxylic acids is 1. The molecule has 1 aliphatic heterocycles. The van der Waals surface area contributed by atoms with Crippen LogP contribution in [0.25, 0.3) is 10.2 Å². The monoisotopic (exact) mass is 456 g/mol. The van der Waals surface area contributed by atoms with E-state index in [1.807, 2.05) is 36.1 Å². The lowest BCUT2D eigenvalue weighted by Crippen LogP contribution is -2.49. The van der Waals surface area contributed by atoms with Crippen LogP contribution in [0.5, 0.6) is 0 Å². The van der Waals surface area contributed by atoms with Crippen molar-refractivity contribution < 1.29 is 14.7 Å². The fourth-order valence-corrected chi connectivity index (χ4v) is 5.12. The lowest BCUT2D eigenvalue weighted by Gasteiger charge is -2.35. The van der Waals surface area contributed by atoms with Gasteiger partial charge in [0, 0.05) is 36.6 Å². The fourth-order valence-electron chi connectivity index (χ4n) is 3.54. The number of carbonyl (C=O) groups is 2. The van der Waals surface area contributed by atoms with Gasteiger partial charge in [-0.05, 0) is 31.5 Å². The average Bonchev–Trinajstić information content (AvgIpc) is 3.20. The number of benzene rings is 1. The summed E-state index contributed by atoms with van der Waals surface area (Å²) < 4.78 is 0. The van der Waals surface area contributed by atoms with Gasteiger partial charge in [0.05, 0.1) is 11.1 Å². The molecule has 0 saturated carbocycles. The molecule has 31 heavy (non-hydrogen) atoms. The van der Waals surface area contributed by atoms with E-state index in [1.165, 1.54) is 4.88 Å². The van der Waals surface area contributed by atoms with Gasteiger partial charge in [-0.1, -0.05) is 36.4 Å². The Labute approximate surface area is 189 Å². The van der Waals surface area contributed by atoms with Crippen LogP contribution < -0.4 is 4.90 Å². The number of nitrogens with zero attached hydrogens (tertiary/aromatic N) is 4. The van der Waals surface area contributed by atoms with Gasteiger partial charge < -0.3 is 14.9 Å². The van der Waals surface area contributed by atoms with E-state index in [4.69, 9.17) is 10.1 Å². The number of aryl methyl sites for hydroxylation is 2. The summed E-state index contributed by atoms with van der Waals surface area (Å²) in [6.45, 7) is 6.68. The van der Waals surface area contributed by atoms with Gasteiger partial charge >= 0.3 is 5.97 Å². The van der Waals surface area contributed by atoms with Gasteiger partial charge in [0.15, 0.2) is 5.16 Å². The molecule has 1 amide bonds. The molecule has 0 aliphatic carbocycles. The Morgan fingerprint density at radius 1 is 1.13 bits per heavy atom. The molecule has 9 heteroatoms. The van der Waals surface area contributed by atoms with Crippen LogP contribution in [-0.2, 0) is 11.2 Å². The molecule has 1 aromatic carbocycles. The van der Waals surface area contributed by atoms with Crippen LogP contribution in [0.2, 0.25) is 0 Å². The number of piperazine rings is 1. The average molecular weight is 457 g/mol. The van der Waals surface area contributed by atoms with Crippen molar-refractivity contribution in [1.82, 2.24) is 14.9 Å². The van der Waals surface area contributed by atoms with E-state index >= 15 is 0 Å². The van der Waals surface area contributed by atoms with Crippen LogP contribution in [0, 0.1) is 6.92 Å². The number of thiophene rings is 1. The summed E-state index contributed by atoms with van der Waals surface area (Å²) in [6.07, 6.45) is 0.914. The topological polar surface area (TPSA) is 86.6 Å². The van der Waals surface area contributed by atoms with E-state index in [-0.39, 0.29) is 11.7 Å². The highest BCUT2D eigenvalue weighted by Gasteiger charge is 2.25. The summed E-state index contributed by atoms with van der Waals surface area (Å²) in [5.74, 6) is -0.0837. The molecular weight excluding hydrogens is 432 g/mol. The maximum absolute atomic E-state index is 12.8. The minimum absolute atomic E-state index is 0.0500. The van der Waals surface area contributed by atoms with Gasteiger partial charge in [-0.2, -0.15) is 0 Å². The summed E-state index contributed by atoms with van der Waals surface area (Å²) in [5, 5.41) is 10.5. The summed E-state index contributed by atoms with van der Waals surface area (Å²) in [6, 6.07) is 9.80. The maximum Gasteiger partial charge on any atom is 0.313 e. The lowest BCUT2D eigenvalue weighted by molar-refractivity contribution is -0.133. The number of thioether (sulfide) groups is 1. The molecule has 0 spiro atoms. The number of amides is 1. The molecule has 7 nitrogen and oxygen atoms in total. The lowest BCUT2D eigenvalue weighted by atomic mass is 10.1. The minimum Gasteiger partial charge on any atom is -0.481 e. The molecule has 0 bridgehead atoms. The maximum atomic E-state index is 12.8. The van der Waals surface area contributed by atoms with Crippen molar-refractivity contribution in [2.75, 3.05) is 36.8 Å². The molecule has 0 atom stereocenters. The van der Waals surface area contributed by atoms with Crippen LogP contribution in [0.3, 0.4) is 0 Å². The number of hydrogen-bond acceptors (Lipinski definition) is 7. The zero-order chi connectivity index (χ0) is 22.0. The predicted molar refractivity (Wildman–Crippen MR) is 124 cm³/mol. The molecule has 4 rings (SSSR count). The Hall–Kier alpha value is -2.65. The quantitative estimate of drug-likeness (QED) is 0.447. The number of fused-ring (bicyclic) bond motifs is 1. The van der Waals surface area contributed by atoms with Gasteiger partial charge in [-0.15, -0.1) is 11.3 Å². The summed E-state index contributed by atoms with van der Waals surface area (Å²) in [5.41, 5.74) is 1.84. The van der Waals surface area contributed by atoms with Crippen LogP contribution in [0.4, 0.5) is 5.82 Å². The van der Waals surface area contributed by atoms with E-state index in [2.05, 4.69) is 22.9 Å². The molecule has 0 radical (unpaired) electrons. The van der Waals surface area contributed by atoms with Gasteiger partial charge in [0.25, 0.3) is 5.91 Å². The summed E-state index contributed by atoms with van der Waals surface area (Å²) in [4.78, 5) is 39.3. The van der Waals surface area contributed by atoms with Crippen LogP contribution in [0.15, 0.2) is 35.5 Å². The van der Waals surface area contributed by atoms with E-state index < -0.39 is 5.97 Å². The van der Waals surface area contributed by atoms with Gasteiger partial charge in [0.2, 0.25) is 0 Å². The number of aliphatic carboxylic acids is 1. The largest absolute Gasteiger partial charge is 0.481 e. The van der Waals surface area contributed by atoms with Crippen molar-refractivity contribution >= 4 is 51.0 Å².